The van der Waals surface area contributed by atoms with Crippen LogP contribution in [0, 0.1) is 0 Å². The number of rotatable bonds is 8. The number of halogens is 2. The fourth-order valence-electron chi connectivity index (χ4n) is 3.26. The Morgan fingerprint density at radius 2 is 2.07 bits per heavy atom. The topological polar surface area (TPSA) is 63.3 Å². The third-order valence-electron chi connectivity index (χ3n) is 4.78. The molecule has 1 aromatic heterocycles. The summed E-state index contributed by atoms with van der Waals surface area (Å²) in [5, 5.41) is 4.75. The van der Waals surface area contributed by atoms with Crippen molar-refractivity contribution in [1.29, 1.82) is 0 Å². The summed E-state index contributed by atoms with van der Waals surface area (Å²) in [6.07, 6.45) is 0. The molecule has 1 N–H and O–H groups in total. The Labute approximate surface area is 178 Å². The maximum absolute atomic E-state index is 12.7. The molecule has 0 aliphatic carbocycles. The van der Waals surface area contributed by atoms with Crippen LogP contribution in [-0.4, -0.2) is 69.4 Å². The van der Waals surface area contributed by atoms with Gasteiger partial charge in [0.15, 0.2) is 11.5 Å². The summed E-state index contributed by atoms with van der Waals surface area (Å²) in [5.41, 5.74) is 0.336. The van der Waals surface area contributed by atoms with Gasteiger partial charge in [0.1, 0.15) is 0 Å². The number of carbonyl (C=O) groups is 1. The van der Waals surface area contributed by atoms with Crippen molar-refractivity contribution in [3.63, 3.8) is 0 Å². The first kappa shape index (κ1) is 22.3. The SMILES string of the molecule is COc1ccc(NC(=O)N(C)CC(c2cccs2)N2CCOCC2)cc1OC(F)F. The molecule has 2 aromatic rings. The minimum atomic E-state index is -2.99. The van der Waals surface area contributed by atoms with Crippen molar-refractivity contribution in [3.05, 3.63) is 40.6 Å². The van der Waals surface area contributed by atoms with Crippen LogP contribution < -0.4 is 14.8 Å². The van der Waals surface area contributed by atoms with Gasteiger partial charge in [0.2, 0.25) is 0 Å². The van der Waals surface area contributed by atoms with Crippen LogP contribution in [0.15, 0.2) is 35.7 Å². The Hall–Kier alpha value is -2.43. The molecule has 2 amide bonds. The van der Waals surface area contributed by atoms with Crippen molar-refractivity contribution < 1.29 is 27.8 Å². The third kappa shape index (κ3) is 5.80. The van der Waals surface area contributed by atoms with Crippen LogP contribution >= 0.6 is 11.3 Å². The van der Waals surface area contributed by atoms with E-state index in [4.69, 9.17) is 9.47 Å². The second-order valence-corrected chi connectivity index (χ2v) is 7.71. The van der Waals surface area contributed by atoms with E-state index in [-0.39, 0.29) is 23.6 Å². The highest BCUT2D eigenvalue weighted by Crippen LogP contribution is 2.32. The van der Waals surface area contributed by atoms with Crippen LogP contribution in [0.2, 0.25) is 0 Å². The molecule has 2 heterocycles. The molecular weight excluding hydrogens is 416 g/mol. The molecule has 3 rings (SSSR count). The summed E-state index contributed by atoms with van der Waals surface area (Å²) in [6.45, 7) is 0.402. The minimum absolute atomic E-state index is 0.0539. The molecule has 0 bridgehead atoms. The van der Waals surface area contributed by atoms with Crippen molar-refractivity contribution in [3.8, 4) is 11.5 Å². The number of carbonyl (C=O) groups excluding carboxylic acids is 1. The summed E-state index contributed by atoms with van der Waals surface area (Å²) < 4.78 is 40.2. The fourth-order valence-corrected chi connectivity index (χ4v) is 4.11. The number of ether oxygens (including phenoxy) is 3. The Morgan fingerprint density at radius 3 is 2.70 bits per heavy atom. The zero-order valence-electron chi connectivity index (χ0n) is 16.8. The molecule has 0 saturated carbocycles. The lowest BCUT2D eigenvalue weighted by molar-refractivity contribution is -0.0511. The molecule has 1 atom stereocenters. The number of benzene rings is 1. The summed E-state index contributed by atoms with van der Waals surface area (Å²) in [5.74, 6) is 0.0180. The van der Waals surface area contributed by atoms with Crippen LogP contribution in [0.25, 0.3) is 0 Å². The van der Waals surface area contributed by atoms with Crippen molar-refractivity contribution in [2.45, 2.75) is 12.7 Å². The molecule has 1 aliphatic heterocycles. The van der Waals surface area contributed by atoms with Gasteiger partial charge in [-0.15, -0.1) is 11.3 Å². The van der Waals surface area contributed by atoms with Gasteiger partial charge in [-0.1, -0.05) is 6.07 Å². The van der Waals surface area contributed by atoms with Crippen LogP contribution in [0.5, 0.6) is 11.5 Å². The Bertz CT molecular complexity index is 816. The molecule has 1 unspecified atom stereocenters. The molecule has 1 aromatic carbocycles. The molecule has 1 fully saturated rings. The largest absolute Gasteiger partial charge is 0.493 e. The number of nitrogens with one attached hydrogen (secondary N) is 1. The normalized spacial score (nSPS) is 15.6. The Balaban J connectivity index is 1.68. The van der Waals surface area contributed by atoms with E-state index >= 15 is 0 Å². The smallest absolute Gasteiger partial charge is 0.387 e. The number of urea groups is 1. The van der Waals surface area contributed by atoms with Crippen molar-refractivity contribution in [2.24, 2.45) is 0 Å². The molecule has 7 nitrogen and oxygen atoms in total. The number of anilines is 1. The van der Waals surface area contributed by atoms with E-state index in [9.17, 15) is 13.6 Å². The highest BCUT2D eigenvalue weighted by molar-refractivity contribution is 7.10. The van der Waals surface area contributed by atoms with Gasteiger partial charge in [-0.3, -0.25) is 4.90 Å². The van der Waals surface area contributed by atoms with E-state index in [1.165, 1.54) is 24.1 Å². The number of morpholine rings is 1. The molecule has 0 radical (unpaired) electrons. The quantitative estimate of drug-likeness (QED) is 0.673. The lowest BCUT2D eigenvalue weighted by Gasteiger charge is -2.36. The van der Waals surface area contributed by atoms with Crippen LogP contribution in [0.4, 0.5) is 19.3 Å². The van der Waals surface area contributed by atoms with Crippen LogP contribution in [0.1, 0.15) is 10.9 Å². The number of amides is 2. The average Bonchev–Trinajstić information content (AvgIpc) is 3.26. The number of methoxy groups -OCH3 is 1. The highest BCUT2D eigenvalue weighted by Gasteiger charge is 2.26. The van der Waals surface area contributed by atoms with Gasteiger partial charge < -0.3 is 24.4 Å². The number of thiophene rings is 1. The lowest BCUT2D eigenvalue weighted by atomic mass is 10.1. The van der Waals surface area contributed by atoms with E-state index in [0.717, 1.165) is 13.1 Å². The predicted molar refractivity (Wildman–Crippen MR) is 111 cm³/mol. The summed E-state index contributed by atoms with van der Waals surface area (Å²) >= 11 is 1.65. The summed E-state index contributed by atoms with van der Waals surface area (Å²) in [4.78, 5) is 17.8. The first-order chi connectivity index (χ1) is 14.5. The standard InChI is InChI=1S/C20H25F2N3O4S/c1-24(13-15(18-4-3-11-30-18)25-7-9-28-10-8-25)20(26)23-14-5-6-16(27-2)17(12-14)29-19(21)22/h3-6,11-12,15,19H,7-10,13H2,1-2H3,(H,23,26). The number of likely N-dealkylation sites (N-methyl/N-ethyl adjacent to an activating group) is 1. The zero-order chi connectivity index (χ0) is 21.5. The lowest BCUT2D eigenvalue weighted by Crippen LogP contribution is -2.44. The Kier molecular flexibility index (Phi) is 7.83. The Morgan fingerprint density at radius 1 is 1.30 bits per heavy atom. The molecule has 30 heavy (non-hydrogen) atoms. The molecule has 1 saturated heterocycles. The van der Waals surface area contributed by atoms with Gasteiger partial charge in [0, 0.05) is 43.3 Å². The third-order valence-corrected chi connectivity index (χ3v) is 5.76. The van der Waals surface area contributed by atoms with E-state index in [1.54, 1.807) is 29.4 Å². The summed E-state index contributed by atoms with van der Waals surface area (Å²) in [6, 6.07) is 8.12. The molecule has 1 aliphatic rings. The zero-order valence-corrected chi connectivity index (χ0v) is 17.7. The van der Waals surface area contributed by atoms with E-state index in [1.807, 2.05) is 11.4 Å². The van der Waals surface area contributed by atoms with Gasteiger partial charge in [-0.2, -0.15) is 8.78 Å². The summed E-state index contributed by atoms with van der Waals surface area (Å²) in [7, 11) is 3.06. The monoisotopic (exact) mass is 441 g/mol. The maximum atomic E-state index is 12.7. The predicted octanol–water partition coefficient (Wildman–Crippen LogP) is 3.90. The molecule has 164 valence electrons. The molecule has 10 heteroatoms. The molecule has 0 spiro atoms. The van der Waals surface area contributed by atoms with E-state index in [0.29, 0.717) is 25.4 Å². The van der Waals surface area contributed by atoms with Crippen molar-refractivity contribution >= 4 is 23.1 Å². The van der Waals surface area contributed by atoms with Gasteiger partial charge in [-0.05, 0) is 23.6 Å². The first-order valence-electron chi connectivity index (χ1n) is 9.48. The van der Waals surface area contributed by atoms with E-state index < -0.39 is 6.61 Å². The number of hydrogen-bond acceptors (Lipinski definition) is 6. The second-order valence-electron chi connectivity index (χ2n) is 6.73. The number of nitrogens with zero attached hydrogens (tertiary/aromatic N) is 2. The fraction of sp³-hybridized carbons (Fsp3) is 0.450. The molecular formula is C20H25F2N3O4S. The van der Waals surface area contributed by atoms with Crippen LogP contribution in [0.3, 0.4) is 0 Å². The maximum Gasteiger partial charge on any atom is 0.387 e. The van der Waals surface area contributed by atoms with Gasteiger partial charge in [0.25, 0.3) is 0 Å². The minimum Gasteiger partial charge on any atom is -0.493 e. The van der Waals surface area contributed by atoms with E-state index in [2.05, 4.69) is 21.0 Å². The second kappa shape index (κ2) is 10.6. The highest BCUT2D eigenvalue weighted by atomic mass is 32.1. The first-order valence-corrected chi connectivity index (χ1v) is 10.4. The number of hydrogen-bond donors (Lipinski definition) is 1. The van der Waals surface area contributed by atoms with Gasteiger partial charge in [-0.25, -0.2) is 4.79 Å². The van der Waals surface area contributed by atoms with Gasteiger partial charge in [0.05, 0.1) is 26.4 Å². The number of alkyl halides is 2. The average molecular weight is 442 g/mol. The van der Waals surface area contributed by atoms with Crippen molar-refractivity contribution in [1.82, 2.24) is 9.80 Å². The van der Waals surface area contributed by atoms with Crippen molar-refractivity contribution in [2.75, 3.05) is 52.3 Å². The van der Waals surface area contributed by atoms with Crippen LogP contribution in [-0.2, 0) is 4.74 Å². The van der Waals surface area contributed by atoms with Gasteiger partial charge >= 0.3 is 12.6 Å².